The van der Waals surface area contributed by atoms with Gasteiger partial charge in [-0.2, -0.15) is 0 Å². The summed E-state index contributed by atoms with van der Waals surface area (Å²) in [5.41, 5.74) is 6.70. The van der Waals surface area contributed by atoms with E-state index in [4.69, 9.17) is 5.73 Å². The quantitative estimate of drug-likeness (QED) is 0.814. The molecule has 0 radical (unpaired) electrons. The van der Waals surface area contributed by atoms with Crippen LogP contribution < -0.4 is 5.73 Å². The van der Waals surface area contributed by atoms with Gasteiger partial charge in [-0.3, -0.25) is 4.90 Å². The van der Waals surface area contributed by atoms with Gasteiger partial charge in [-0.15, -0.1) is 0 Å². The van der Waals surface area contributed by atoms with Gasteiger partial charge >= 0.3 is 0 Å². The average molecular weight is 253 g/mol. The first-order valence-electron chi connectivity index (χ1n) is 7.59. The van der Waals surface area contributed by atoms with Gasteiger partial charge in [-0.1, -0.05) is 13.8 Å². The van der Waals surface area contributed by atoms with Gasteiger partial charge in [0.2, 0.25) is 0 Å². The molecule has 106 valence electrons. The summed E-state index contributed by atoms with van der Waals surface area (Å²) in [4.78, 5) is 5.15. The lowest BCUT2D eigenvalue weighted by atomic mass is 9.78. The number of likely N-dealkylation sites (tertiary alicyclic amines) is 2. The molecule has 3 atom stereocenters. The standard InChI is InChI=1S/C15H31N3/c1-12-13(2)18(8-5-14(12)16)11-15(3)6-9-17(4)10-7-15/h12-14H,5-11,16H2,1-4H3. The highest BCUT2D eigenvalue weighted by atomic mass is 15.2. The largest absolute Gasteiger partial charge is 0.327 e. The summed E-state index contributed by atoms with van der Waals surface area (Å²) in [6.07, 6.45) is 3.85. The summed E-state index contributed by atoms with van der Waals surface area (Å²) in [6.45, 7) is 12.1. The van der Waals surface area contributed by atoms with Gasteiger partial charge in [0.25, 0.3) is 0 Å². The van der Waals surface area contributed by atoms with Crippen molar-refractivity contribution in [2.75, 3.05) is 33.2 Å². The number of hydrogen-bond acceptors (Lipinski definition) is 3. The van der Waals surface area contributed by atoms with Crippen LogP contribution in [0.4, 0.5) is 0 Å². The fourth-order valence-electron chi connectivity index (χ4n) is 3.50. The van der Waals surface area contributed by atoms with Crippen molar-refractivity contribution in [1.82, 2.24) is 9.80 Å². The van der Waals surface area contributed by atoms with Crippen LogP contribution in [-0.4, -0.2) is 55.1 Å². The maximum atomic E-state index is 6.18. The zero-order valence-electron chi connectivity index (χ0n) is 12.7. The maximum Gasteiger partial charge on any atom is 0.0108 e. The highest BCUT2D eigenvalue weighted by Gasteiger charge is 2.36. The molecule has 18 heavy (non-hydrogen) atoms. The van der Waals surface area contributed by atoms with Crippen LogP contribution in [0.1, 0.15) is 40.0 Å². The van der Waals surface area contributed by atoms with E-state index in [0.717, 1.165) is 0 Å². The summed E-state index contributed by atoms with van der Waals surface area (Å²) in [7, 11) is 2.24. The third kappa shape index (κ3) is 3.06. The molecule has 2 N–H and O–H groups in total. The first-order valence-corrected chi connectivity index (χ1v) is 7.59. The Balaban J connectivity index is 1.92. The summed E-state index contributed by atoms with van der Waals surface area (Å²) < 4.78 is 0. The van der Waals surface area contributed by atoms with Crippen LogP contribution in [0.3, 0.4) is 0 Å². The molecular formula is C15H31N3. The van der Waals surface area contributed by atoms with Crippen LogP contribution in [0.15, 0.2) is 0 Å². The Kier molecular flexibility index (Phi) is 4.35. The van der Waals surface area contributed by atoms with Crippen LogP contribution >= 0.6 is 0 Å². The molecule has 0 aromatic heterocycles. The van der Waals surface area contributed by atoms with Gasteiger partial charge in [0.15, 0.2) is 0 Å². The average Bonchev–Trinajstić information content (AvgIpc) is 2.34. The van der Waals surface area contributed by atoms with E-state index in [-0.39, 0.29) is 0 Å². The number of rotatable bonds is 2. The van der Waals surface area contributed by atoms with E-state index in [9.17, 15) is 0 Å². The molecule has 2 fully saturated rings. The van der Waals surface area contributed by atoms with Gasteiger partial charge in [0.1, 0.15) is 0 Å². The summed E-state index contributed by atoms with van der Waals surface area (Å²) in [6, 6.07) is 1.05. The van der Waals surface area contributed by atoms with E-state index < -0.39 is 0 Å². The molecule has 0 aromatic rings. The molecule has 0 spiro atoms. The van der Waals surface area contributed by atoms with Crippen LogP contribution in [0, 0.1) is 11.3 Å². The molecular weight excluding hydrogens is 222 g/mol. The van der Waals surface area contributed by atoms with Crippen molar-refractivity contribution in [2.45, 2.75) is 52.1 Å². The fraction of sp³-hybridized carbons (Fsp3) is 1.00. The van der Waals surface area contributed by atoms with Crippen LogP contribution in [-0.2, 0) is 0 Å². The highest BCUT2D eigenvalue weighted by Crippen LogP contribution is 2.34. The summed E-state index contributed by atoms with van der Waals surface area (Å²) in [5.74, 6) is 0.633. The summed E-state index contributed by atoms with van der Waals surface area (Å²) in [5, 5.41) is 0. The third-order valence-corrected chi connectivity index (χ3v) is 5.54. The van der Waals surface area contributed by atoms with Gasteiger partial charge in [-0.25, -0.2) is 0 Å². The normalized spacial score (nSPS) is 38.8. The molecule has 2 rings (SSSR count). The van der Waals surface area contributed by atoms with E-state index in [2.05, 4.69) is 37.6 Å². The van der Waals surface area contributed by atoms with E-state index >= 15 is 0 Å². The number of hydrogen-bond donors (Lipinski definition) is 1. The van der Waals surface area contributed by atoms with Crippen LogP contribution in [0.25, 0.3) is 0 Å². The molecule has 0 aromatic carbocycles. The molecule has 3 unspecified atom stereocenters. The molecule has 2 heterocycles. The Labute approximate surface area is 113 Å². The van der Waals surface area contributed by atoms with Gasteiger partial charge in [0.05, 0.1) is 0 Å². The van der Waals surface area contributed by atoms with Gasteiger partial charge in [-0.05, 0) is 64.2 Å². The topological polar surface area (TPSA) is 32.5 Å². The van der Waals surface area contributed by atoms with Crippen molar-refractivity contribution in [3.63, 3.8) is 0 Å². The van der Waals surface area contributed by atoms with Crippen LogP contribution in [0.2, 0.25) is 0 Å². The molecule has 0 saturated carbocycles. The van der Waals surface area contributed by atoms with Crippen molar-refractivity contribution in [3.8, 4) is 0 Å². The Morgan fingerprint density at radius 3 is 2.39 bits per heavy atom. The Hall–Kier alpha value is -0.120. The zero-order chi connectivity index (χ0) is 13.3. The molecule has 3 nitrogen and oxygen atoms in total. The van der Waals surface area contributed by atoms with E-state index in [1.54, 1.807) is 0 Å². The van der Waals surface area contributed by atoms with E-state index in [0.29, 0.717) is 23.4 Å². The minimum Gasteiger partial charge on any atom is -0.327 e. The smallest absolute Gasteiger partial charge is 0.0108 e. The third-order valence-electron chi connectivity index (χ3n) is 5.54. The minimum atomic E-state index is 0.404. The Morgan fingerprint density at radius 1 is 1.17 bits per heavy atom. The number of piperidine rings is 2. The second-order valence-corrected chi connectivity index (χ2v) is 7.14. The van der Waals surface area contributed by atoms with Crippen molar-refractivity contribution < 1.29 is 0 Å². The monoisotopic (exact) mass is 253 g/mol. The predicted molar refractivity (Wildman–Crippen MR) is 77.6 cm³/mol. The predicted octanol–water partition coefficient (Wildman–Crippen LogP) is 1.78. The van der Waals surface area contributed by atoms with Gasteiger partial charge in [0, 0.05) is 18.6 Å². The lowest BCUT2D eigenvalue weighted by molar-refractivity contribution is 0.0285. The maximum absolute atomic E-state index is 6.18. The molecule has 0 bridgehead atoms. The molecule has 0 amide bonds. The molecule has 2 saturated heterocycles. The van der Waals surface area contributed by atoms with Crippen LogP contribution in [0.5, 0.6) is 0 Å². The lowest BCUT2D eigenvalue weighted by Gasteiger charge is -2.47. The SMILES string of the molecule is CC1C(N)CCN(CC2(C)CCN(C)CC2)C1C. The lowest BCUT2D eigenvalue weighted by Crippen LogP contribution is -2.55. The molecule has 2 aliphatic rings. The number of nitrogens with two attached hydrogens (primary N) is 1. The first-order chi connectivity index (χ1) is 8.41. The number of nitrogens with zero attached hydrogens (tertiary/aromatic N) is 2. The first kappa shape index (κ1) is 14.3. The van der Waals surface area contributed by atoms with Crippen molar-refractivity contribution in [3.05, 3.63) is 0 Å². The fourth-order valence-corrected chi connectivity index (χ4v) is 3.50. The zero-order valence-corrected chi connectivity index (χ0v) is 12.7. The van der Waals surface area contributed by atoms with E-state index in [1.807, 2.05) is 0 Å². The Bertz CT molecular complexity index is 271. The Morgan fingerprint density at radius 2 is 1.78 bits per heavy atom. The molecule has 0 aliphatic carbocycles. The summed E-state index contributed by atoms with van der Waals surface area (Å²) >= 11 is 0. The molecule has 3 heteroatoms. The molecule has 2 aliphatic heterocycles. The second kappa shape index (κ2) is 5.48. The second-order valence-electron chi connectivity index (χ2n) is 7.14. The van der Waals surface area contributed by atoms with Crippen molar-refractivity contribution in [2.24, 2.45) is 17.1 Å². The van der Waals surface area contributed by atoms with Crippen molar-refractivity contribution in [1.29, 1.82) is 0 Å². The minimum absolute atomic E-state index is 0.404. The highest BCUT2D eigenvalue weighted by molar-refractivity contribution is 4.91. The van der Waals surface area contributed by atoms with E-state index in [1.165, 1.54) is 45.4 Å². The van der Waals surface area contributed by atoms with Gasteiger partial charge < -0.3 is 10.6 Å². The van der Waals surface area contributed by atoms with Crippen molar-refractivity contribution >= 4 is 0 Å².